The minimum Gasteiger partial charge on any atom is -0.370 e. The SMILES string of the molecule is CC(CC(N)=O)N=C1NC(=O)C(=O)N1. The summed E-state index contributed by atoms with van der Waals surface area (Å²) >= 11 is 0. The van der Waals surface area contributed by atoms with Crippen molar-refractivity contribution < 1.29 is 14.4 Å². The van der Waals surface area contributed by atoms with Crippen LogP contribution in [0.25, 0.3) is 0 Å². The Bertz CT molecular complexity index is 305. The number of rotatable bonds is 3. The molecular formula is C7H10N4O3. The molecule has 4 N–H and O–H groups in total. The van der Waals surface area contributed by atoms with E-state index in [4.69, 9.17) is 5.73 Å². The van der Waals surface area contributed by atoms with Gasteiger partial charge in [-0.1, -0.05) is 0 Å². The molecule has 0 aromatic heterocycles. The zero-order valence-electron chi connectivity index (χ0n) is 7.53. The van der Waals surface area contributed by atoms with E-state index >= 15 is 0 Å². The maximum atomic E-state index is 10.7. The predicted molar refractivity (Wildman–Crippen MR) is 47.0 cm³/mol. The molecule has 0 aromatic rings. The standard InChI is InChI=1S/C7H10N4O3/c1-3(2-4(8)12)9-7-10-5(13)6(14)11-7/h3H,2H2,1H3,(H2,8,12)(H2,9,10,11,13,14). The number of carbonyl (C=O) groups is 3. The van der Waals surface area contributed by atoms with Gasteiger partial charge < -0.3 is 5.73 Å². The summed E-state index contributed by atoms with van der Waals surface area (Å²) in [4.78, 5) is 35.7. The third-order valence-electron chi connectivity index (χ3n) is 1.52. The first-order chi connectivity index (χ1) is 6.49. The van der Waals surface area contributed by atoms with Gasteiger partial charge >= 0.3 is 11.8 Å². The van der Waals surface area contributed by atoms with Crippen LogP contribution in [0.4, 0.5) is 0 Å². The number of nitrogens with zero attached hydrogens (tertiary/aromatic N) is 1. The number of primary amides is 1. The van der Waals surface area contributed by atoms with Gasteiger partial charge in [-0.2, -0.15) is 0 Å². The number of guanidine groups is 1. The van der Waals surface area contributed by atoms with E-state index in [1.807, 2.05) is 0 Å². The lowest BCUT2D eigenvalue weighted by Gasteiger charge is -2.03. The highest BCUT2D eigenvalue weighted by atomic mass is 16.2. The molecule has 0 saturated carbocycles. The number of hydrogen-bond donors (Lipinski definition) is 3. The normalized spacial score (nSPS) is 17.4. The molecular weight excluding hydrogens is 188 g/mol. The van der Waals surface area contributed by atoms with E-state index < -0.39 is 17.7 Å². The fraction of sp³-hybridized carbons (Fsp3) is 0.429. The molecule has 76 valence electrons. The molecule has 0 spiro atoms. The maximum Gasteiger partial charge on any atom is 0.316 e. The third-order valence-corrected chi connectivity index (χ3v) is 1.52. The minimum atomic E-state index is -0.755. The Balaban J connectivity index is 2.57. The summed E-state index contributed by atoms with van der Waals surface area (Å²) in [5.41, 5.74) is 4.94. The number of nitrogens with two attached hydrogens (primary N) is 1. The van der Waals surface area contributed by atoms with Crippen molar-refractivity contribution >= 4 is 23.7 Å². The quantitative estimate of drug-likeness (QED) is 0.449. The van der Waals surface area contributed by atoms with Gasteiger partial charge in [-0.15, -0.1) is 0 Å². The first-order valence-electron chi connectivity index (χ1n) is 3.97. The summed E-state index contributed by atoms with van der Waals surface area (Å²) in [6.07, 6.45) is 0.0647. The van der Waals surface area contributed by atoms with Gasteiger partial charge in [0.05, 0.1) is 6.04 Å². The fourth-order valence-electron chi connectivity index (χ4n) is 0.982. The van der Waals surface area contributed by atoms with Gasteiger partial charge in [-0.05, 0) is 6.92 Å². The summed E-state index contributed by atoms with van der Waals surface area (Å²) in [5, 5.41) is 4.41. The molecule has 1 aliphatic heterocycles. The predicted octanol–water partition coefficient (Wildman–Crippen LogP) is -2.15. The lowest BCUT2D eigenvalue weighted by atomic mass is 10.2. The van der Waals surface area contributed by atoms with Crippen LogP contribution >= 0.6 is 0 Å². The molecule has 1 heterocycles. The molecule has 1 atom stereocenters. The number of hydrogen-bond acceptors (Lipinski definition) is 4. The molecule has 0 aromatic carbocycles. The highest BCUT2D eigenvalue weighted by molar-refractivity contribution is 6.45. The first-order valence-corrected chi connectivity index (χ1v) is 3.97. The Morgan fingerprint density at radius 3 is 2.36 bits per heavy atom. The molecule has 7 nitrogen and oxygen atoms in total. The average Bonchev–Trinajstić information content (AvgIpc) is 2.28. The minimum absolute atomic E-state index is 0.0637. The van der Waals surface area contributed by atoms with Crippen molar-refractivity contribution in [2.45, 2.75) is 19.4 Å². The molecule has 1 saturated heterocycles. The number of nitrogens with one attached hydrogen (secondary N) is 2. The molecule has 1 rings (SSSR count). The van der Waals surface area contributed by atoms with Crippen LogP contribution in [0, 0.1) is 0 Å². The largest absolute Gasteiger partial charge is 0.370 e. The number of carbonyl (C=O) groups excluding carboxylic acids is 3. The second kappa shape index (κ2) is 3.86. The van der Waals surface area contributed by atoms with E-state index in [0.29, 0.717) is 0 Å². The van der Waals surface area contributed by atoms with Gasteiger partial charge in [-0.3, -0.25) is 25.0 Å². The molecule has 0 aliphatic carbocycles. The summed E-state index contributed by atoms with van der Waals surface area (Å²) in [7, 11) is 0. The van der Waals surface area contributed by atoms with E-state index in [-0.39, 0.29) is 18.4 Å². The van der Waals surface area contributed by atoms with E-state index in [2.05, 4.69) is 15.6 Å². The smallest absolute Gasteiger partial charge is 0.316 e. The van der Waals surface area contributed by atoms with E-state index in [1.54, 1.807) is 6.92 Å². The van der Waals surface area contributed by atoms with Gasteiger partial charge in [0.15, 0.2) is 0 Å². The molecule has 0 bridgehead atoms. The second-order valence-electron chi connectivity index (χ2n) is 2.91. The van der Waals surface area contributed by atoms with Crippen LogP contribution in [0.2, 0.25) is 0 Å². The van der Waals surface area contributed by atoms with E-state index in [1.165, 1.54) is 0 Å². The highest BCUT2D eigenvalue weighted by Gasteiger charge is 2.25. The second-order valence-corrected chi connectivity index (χ2v) is 2.91. The van der Waals surface area contributed by atoms with Crippen molar-refractivity contribution in [3.05, 3.63) is 0 Å². The van der Waals surface area contributed by atoms with Gasteiger partial charge in [0.25, 0.3) is 0 Å². The number of aliphatic imine (C=N–C) groups is 1. The Morgan fingerprint density at radius 2 is 1.93 bits per heavy atom. The van der Waals surface area contributed by atoms with Crippen molar-refractivity contribution in [3.8, 4) is 0 Å². The fourth-order valence-corrected chi connectivity index (χ4v) is 0.982. The van der Waals surface area contributed by atoms with Crippen molar-refractivity contribution in [1.82, 2.24) is 10.6 Å². The van der Waals surface area contributed by atoms with Gasteiger partial charge in [0.2, 0.25) is 11.9 Å². The van der Waals surface area contributed by atoms with Crippen LogP contribution in [-0.2, 0) is 14.4 Å². The van der Waals surface area contributed by atoms with Gasteiger partial charge in [0, 0.05) is 6.42 Å². The molecule has 1 aliphatic rings. The van der Waals surface area contributed by atoms with Crippen molar-refractivity contribution in [3.63, 3.8) is 0 Å². The van der Waals surface area contributed by atoms with Crippen LogP contribution in [0.1, 0.15) is 13.3 Å². The number of amides is 3. The monoisotopic (exact) mass is 198 g/mol. The lowest BCUT2D eigenvalue weighted by Crippen LogP contribution is -2.28. The topological polar surface area (TPSA) is 114 Å². The van der Waals surface area contributed by atoms with Crippen molar-refractivity contribution in [1.29, 1.82) is 0 Å². The summed E-state index contributed by atoms with van der Waals surface area (Å²) < 4.78 is 0. The van der Waals surface area contributed by atoms with Crippen LogP contribution in [0.3, 0.4) is 0 Å². The van der Waals surface area contributed by atoms with Crippen molar-refractivity contribution in [2.75, 3.05) is 0 Å². The van der Waals surface area contributed by atoms with Gasteiger partial charge in [0.1, 0.15) is 0 Å². The summed E-state index contributed by atoms with van der Waals surface area (Å²) in [5.74, 6) is -1.93. The summed E-state index contributed by atoms with van der Waals surface area (Å²) in [6.45, 7) is 1.65. The zero-order chi connectivity index (χ0) is 10.7. The molecule has 3 amide bonds. The average molecular weight is 198 g/mol. The molecule has 7 heteroatoms. The van der Waals surface area contributed by atoms with Crippen LogP contribution in [0.5, 0.6) is 0 Å². The van der Waals surface area contributed by atoms with Crippen LogP contribution in [0.15, 0.2) is 4.99 Å². The Labute approximate surface area is 79.7 Å². The molecule has 0 radical (unpaired) electrons. The Hall–Kier alpha value is -1.92. The summed E-state index contributed by atoms with van der Waals surface area (Å²) in [6, 6.07) is -0.374. The van der Waals surface area contributed by atoms with Crippen LogP contribution < -0.4 is 16.4 Å². The van der Waals surface area contributed by atoms with Crippen molar-refractivity contribution in [2.24, 2.45) is 10.7 Å². The maximum absolute atomic E-state index is 10.7. The lowest BCUT2D eigenvalue weighted by molar-refractivity contribution is -0.135. The Morgan fingerprint density at radius 1 is 1.43 bits per heavy atom. The zero-order valence-corrected chi connectivity index (χ0v) is 7.53. The van der Waals surface area contributed by atoms with E-state index in [0.717, 1.165) is 0 Å². The molecule has 14 heavy (non-hydrogen) atoms. The van der Waals surface area contributed by atoms with E-state index in [9.17, 15) is 14.4 Å². The highest BCUT2D eigenvalue weighted by Crippen LogP contribution is 1.96. The van der Waals surface area contributed by atoms with Crippen LogP contribution in [-0.4, -0.2) is 29.7 Å². The first kappa shape index (κ1) is 10.2. The Kier molecular flexibility index (Phi) is 2.80. The van der Waals surface area contributed by atoms with Gasteiger partial charge in [-0.25, -0.2) is 4.99 Å². The molecule has 1 fully saturated rings. The third kappa shape index (κ3) is 2.54. The molecule has 1 unspecified atom stereocenters.